The molecular weight excluding hydrogens is 332 g/mol. The Balaban J connectivity index is 1.97. The number of nitrogens with one attached hydrogen (secondary N) is 1. The Morgan fingerprint density at radius 1 is 1.00 bits per heavy atom. The number of fused-ring (bicyclic) bond motifs is 1. The van der Waals surface area contributed by atoms with E-state index in [-0.39, 0.29) is 18.0 Å². The first-order valence-electron chi connectivity index (χ1n) is 8.14. The molecule has 0 radical (unpaired) electrons. The molecule has 1 aromatic heterocycles. The first-order chi connectivity index (χ1) is 12.5. The summed E-state index contributed by atoms with van der Waals surface area (Å²) in [5.74, 6) is 1.23. The zero-order valence-corrected chi connectivity index (χ0v) is 14.9. The summed E-state index contributed by atoms with van der Waals surface area (Å²) >= 11 is 0. The number of carbonyl (C=O) groups is 1. The van der Waals surface area contributed by atoms with E-state index in [0.717, 1.165) is 5.39 Å². The summed E-state index contributed by atoms with van der Waals surface area (Å²) in [6.45, 7) is 1.66. The quantitative estimate of drug-likeness (QED) is 0.766. The molecule has 3 rings (SSSR count). The lowest BCUT2D eigenvalue weighted by atomic mass is 10.1. The molecule has 0 spiro atoms. The molecule has 0 atom stereocenters. The smallest absolute Gasteiger partial charge is 0.253 e. The van der Waals surface area contributed by atoms with E-state index in [1.807, 2.05) is 12.1 Å². The number of methoxy groups -OCH3 is 2. The van der Waals surface area contributed by atoms with Crippen molar-refractivity contribution in [3.63, 3.8) is 0 Å². The number of hydrogen-bond acceptors (Lipinski definition) is 4. The maximum absolute atomic E-state index is 12.5. The van der Waals surface area contributed by atoms with Crippen molar-refractivity contribution in [3.8, 4) is 11.5 Å². The van der Waals surface area contributed by atoms with E-state index in [2.05, 4.69) is 4.98 Å². The summed E-state index contributed by atoms with van der Waals surface area (Å²) in [5, 5.41) is 0.874. The summed E-state index contributed by atoms with van der Waals surface area (Å²) in [6, 6.07) is 14.4. The van der Waals surface area contributed by atoms with Crippen molar-refractivity contribution in [2.45, 2.75) is 13.5 Å². The zero-order valence-electron chi connectivity index (χ0n) is 14.9. The summed E-state index contributed by atoms with van der Waals surface area (Å²) < 4.78 is 10.3. The molecule has 1 heterocycles. The average Bonchev–Trinajstić information content (AvgIpc) is 2.65. The molecule has 0 aliphatic carbocycles. The van der Waals surface area contributed by atoms with Gasteiger partial charge in [0, 0.05) is 24.2 Å². The minimum Gasteiger partial charge on any atom is -0.497 e. The third-order valence-electron chi connectivity index (χ3n) is 4.22. The van der Waals surface area contributed by atoms with E-state index in [4.69, 9.17) is 9.47 Å². The monoisotopic (exact) mass is 352 g/mol. The van der Waals surface area contributed by atoms with Crippen molar-refractivity contribution in [1.82, 2.24) is 4.98 Å². The van der Waals surface area contributed by atoms with Gasteiger partial charge in [-0.2, -0.15) is 0 Å². The van der Waals surface area contributed by atoms with Crippen molar-refractivity contribution in [2.75, 3.05) is 19.1 Å². The zero-order chi connectivity index (χ0) is 18.7. The van der Waals surface area contributed by atoms with Crippen LogP contribution in [0.25, 0.3) is 10.9 Å². The Hall–Kier alpha value is -3.28. The largest absolute Gasteiger partial charge is 0.497 e. The molecule has 3 aromatic rings. The van der Waals surface area contributed by atoms with Gasteiger partial charge in [-0.05, 0) is 47.9 Å². The molecule has 6 nitrogen and oxygen atoms in total. The lowest BCUT2D eigenvalue weighted by Crippen LogP contribution is -2.30. The molecule has 0 fully saturated rings. The van der Waals surface area contributed by atoms with Gasteiger partial charge >= 0.3 is 0 Å². The second-order valence-electron chi connectivity index (χ2n) is 5.88. The van der Waals surface area contributed by atoms with Crippen molar-refractivity contribution in [3.05, 3.63) is 64.4 Å². The fourth-order valence-electron chi connectivity index (χ4n) is 2.79. The third-order valence-corrected chi connectivity index (χ3v) is 4.22. The summed E-state index contributed by atoms with van der Waals surface area (Å²) in [5.41, 5.74) is 1.67. The van der Waals surface area contributed by atoms with Gasteiger partial charge in [-0.3, -0.25) is 9.59 Å². The highest BCUT2D eigenvalue weighted by Gasteiger charge is 2.15. The number of benzene rings is 2. The number of aromatic amines is 1. The van der Waals surface area contributed by atoms with Crippen LogP contribution in [-0.2, 0) is 11.3 Å². The molecule has 1 N–H and O–H groups in total. The first kappa shape index (κ1) is 17.5. The van der Waals surface area contributed by atoms with Crippen molar-refractivity contribution in [1.29, 1.82) is 0 Å². The molecule has 0 aliphatic rings. The van der Waals surface area contributed by atoms with E-state index in [9.17, 15) is 9.59 Å². The topological polar surface area (TPSA) is 71.6 Å². The van der Waals surface area contributed by atoms with Crippen LogP contribution in [0.2, 0.25) is 0 Å². The van der Waals surface area contributed by atoms with Gasteiger partial charge in [0.2, 0.25) is 5.91 Å². The number of nitrogens with zero attached hydrogens (tertiary/aromatic N) is 1. The second-order valence-corrected chi connectivity index (χ2v) is 5.88. The third kappa shape index (κ3) is 3.54. The average molecular weight is 352 g/mol. The number of H-pyrrole nitrogens is 1. The van der Waals surface area contributed by atoms with Crippen LogP contribution in [0.4, 0.5) is 5.69 Å². The molecule has 2 aromatic carbocycles. The lowest BCUT2D eigenvalue weighted by molar-refractivity contribution is -0.116. The fourth-order valence-corrected chi connectivity index (χ4v) is 2.79. The molecule has 26 heavy (non-hydrogen) atoms. The second kappa shape index (κ2) is 7.31. The van der Waals surface area contributed by atoms with Crippen LogP contribution in [0.1, 0.15) is 12.5 Å². The van der Waals surface area contributed by atoms with Crippen LogP contribution >= 0.6 is 0 Å². The van der Waals surface area contributed by atoms with Crippen LogP contribution in [0.5, 0.6) is 11.5 Å². The molecule has 0 aliphatic heterocycles. The van der Waals surface area contributed by atoms with Crippen LogP contribution in [0.3, 0.4) is 0 Å². The molecular formula is C20H20N2O4. The number of ether oxygens (including phenoxy) is 2. The van der Waals surface area contributed by atoms with Crippen molar-refractivity contribution < 1.29 is 14.3 Å². The molecule has 0 saturated heterocycles. The maximum atomic E-state index is 12.5. The highest BCUT2D eigenvalue weighted by atomic mass is 16.5. The van der Waals surface area contributed by atoms with Gasteiger partial charge in [-0.15, -0.1) is 0 Å². The normalized spacial score (nSPS) is 10.6. The number of rotatable bonds is 5. The first-order valence-corrected chi connectivity index (χ1v) is 8.14. The van der Waals surface area contributed by atoms with Crippen LogP contribution in [0, 0.1) is 0 Å². The van der Waals surface area contributed by atoms with Gasteiger partial charge in [0.05, 0.1) is 26.3 Å². The predicted octanol–water partition coefficient (Wildman–Crippen LogP) is 3.10. The van der Waals surface area contributed by atoms with Crippen LogP contribution < -0.4 is 19.9 Å². The summed E-state index contributed by atoms with van der Waals surface area (Å²) in [6.07, 6.45) is 0. The standard InChI is InChI=1S/C20H20N2O4/c1-13(23)22(16-5-8-17(25-2)9-6-16)12-15-10-14-4-7-18(26-3)11-19(14)21-20(15)24/h4-11H,12H2,1-3H3,(H,21,24). The molecule has 6 heteroatoms. The molecule has 134 valence electrons. The molecule has 1 amide bonds. The SMILES string of the molecule is COc1ccc(N(Cc2cc3ccc(OC)cc3[nH]c2=O)C(C)=O)cc1. The number of carbonyl (C=O) groups excluding carboxylic acids is 1. The van der Waals surface area contributed by atoms with Gasteiger partial charge in [0.1, 0.15) is 11.5 Å². The number of aromatic nitrogens is 1. The van der Waals surface area contributed by atoms with E-state index in [0.29, 0.717) is 28.3 Å². The minimum absolute atomic E-state index is 0.149. The minimum atomic E-state index is -0.231. The highest BCUT2D eigenvalue weighted by Crippen LogP contribution is 2.22. The molecule has 0 bridgehead atoms. The Morgan fingerprint density at radius 3 is 2.27 bits per heavy atom. The summed E-state index contributed by atoms with van der Waals surface area (Å²) in [4.78, 5) is 29.0. The highest BCUT2D eigenvalue weighted by molar-refractivity contribution is 5.91. The lowest BCUT2D eigenvalue weighted by Gasteiger charge is -2.21. The van der Waals surface area contributed by atoms with E-state index in [1.165, 1.54) is 6.92 Å². The maximum Gasteiger partial charge on any atom is 0.253 e. The van der Waals surface area contributed by atoms with Gasteiger partial charge in [0.25, 0.3) is 5.56 Å². The van der Waals surface area contributed by atoms with E-state index < -0.39 is 0 Å². The Morgan fingerprint density at radius 2 is 1.65 bits per heavy atom. The van der Waals surface area contributed by atoms with Gasteiger partial charge in [-0.25, -0.2) is 0 Å². The Bertz CT molecular complexity index is 993. The fraction of sp³-hybridized carbons (Fsp3) is 0.200. The van der Waals surface area contributed by atoms with Gasteiger partial charge in [0.15, 0.2) is 0 Å². The van der Waals surface area contributed by atoms with Crippen LogP contribution in [0.15, 0.2) is 53.3 Å². The number of amides is 1. The predicted molar refractivity (Wildman–Crippen MR) is 101 cm³/mol. The number of pyridine rings is 1. The summed E-state index contributed by atoms with van der Waals surface area (Å²) in [7, 11) is 3.16. The Labute approximate surface area is 151 Å². The van der Waals surface area contributed by atoms with Crippen molar-refractivity contribution >= 4 is 22.5 Å². The van der Waals surface area contributed by atoms with Crippen molar-refractivity contribution in [2.24, 2.45) is 0 Å². The number of anilines is 1. The van der Waals surface area contributed by atoms with Gasteiger partial charge in [-0.1, -0.05) is 0 Å². The van der Waals surface area contributed by atoms with E-state index in [1.54, 1.807) is 55.5 Å². The van der Waals surface area contributed by atoms with E-state index >= 15 is 0 Å². The van der Waals surface area contributed by atoms with Gasteiger partial charge < -0.3 is 19.4 Å². The number of hydrogen-bond donors (Lipinski definition) is 1. The Kier molecular flexibility index (Phi) is 4.93. The molecule has 0 unspecified atom stereocenters. The van der Waals surface area contributed by atoms with Crippen LogP contribution in [-0.4, -0.2) is 25.1 Å². The molecule has 0 saturated carbocycles.